The van der Waals surface area contributed by atoms with Crippen molar-refractivity contribution in [2.75, 3.05) is 0 Å². The van der Waals surface area contributed by atoms with Crippen molar-refractivity contribution in [2.45, 2.75) is 44.6 Å². The van der Waals surface area contributed by atoms with Crippen LogP contribution in [0.4, 0.5) is 26.3 Å². The zero-order chi connectivity index (χ0) is 25.4. The maximum atomic E-state index is 14.2. The highest BCUT2D eigenvalue weighted by Crippen LogP contribution is 2.42. The number of ether oxygens (including phenoxy) is 1. The highest BCUT2D eigenvalue weighted by molar-refractivity contribution is 6.30. The van der Waals surface area contributed by atoms with Gasteiger partial charge in [0, 0.05) is 18.1 Å². The van der Waals surface area contributed by atoms with Crippen LogP contribution in [0.5, 0.6) is 5.75 Å². The van der Waals surface area contributed by atoms with Crippen LogP contribution in [0.1, 0.15) is 28.6 Å². The van der Waals surface area contributed by atoms with Gasteiger partial charge >= 0.3 is 12.4 Å². The van der Waals surface area contributed by atoms with Crippen molar-refractivity contribution >= 4 is 11.6 Å². The molecule has 0 bridgehead atoms. The first-order chi connectivity index (χ1) is 16.4. The van der Waals surface area contributed by atoms with Crippen molar-refractivity contribution in [1.82, 2.24) is 14.5 Å². The molecule has 1 aromatic heterocycles. The van der Waals surface area contributed by atoms with Crippen LogP contribution < -0.4 is 10.3 Å². The second-order valence-electron chi connectivity index (χ2n) is 8.02. The van der Waals surface area contributed by atoms with E-state index in [0.717, 1.165) is 11.1 Å². The van der Waals surface area contributed by atoms with Gasteiger partial charge in [0.05, 0.1) is 6.20 Å². The summed E-state index contributed by atoms with van der Waals surface area (Å²) in [5.41, 5.74) is 0.327. The Morgan fingerprint density at radius 1 is 1.00 bits per heavy atom. The summed E-state index contributed by atoms with van der Waals surface area (Å²) in [5, 5.41) is 0.321. The Kier molecular flexibility index (Phi) is 6.83. The molecule has 0 radical (unpaired) electrons. The predicted molar refractivity (Wildman–Crippen MR) is 115 cm³/mol. The van der Waals surface area contributed by atoms with E-state index in [1.165, 1.54) is 12.1 Å². The third-order valence-corrected chi connectivity index (χ3v) is 5.69. The van der Waals surface area contributed by atoms with Gasteiger partial charge in [-0.15, -0.1) is 0 Å². The Bertz CT molecular complexity index is 1260. The van der Waals surface area contributed by atoms with E-state index < -0.39 is 42.1 Å². The molecule has 186 valence electrons. The molecule has 0 amide bonds. The maximum absolute atomic E-state index is 14.2. The number of hydrogen-bond acceptors (Lipinski definition) is 4. The normalized spacial score (nSPS) is 15.2. The van der Waals surface area contributed by atoms with Gasteiger partial charge in [-0.3, -0.25) is 14.3 Å². The predicted octanol–water partition coefficient (Wildman–Crippen LogP) is 5.66. The minimum atomic E-state index is -5.02. The molecule has 12 heteroatoms. The van der Waals surface area contributed by atoms with Gasteiger partial charge in [0.15, 0.2) is 6.04 Å². The van der Waals surface area contributed by atoms with Crippen molar-refractivity contribution < 1.29 is 31.1 Å². The molecule has 4 rings (SSSR count). The Morgan fingerprint density at radius 2 is 1.69 bits per heavy atom. The van der Waals surface area contributed by atoms with Crippen molar-refractivity contribution in [1.29, 1.82) is 0 Å². The summed E-state index contributed by atoms with van der Waals surface area (Å²) in [6, 6.07) is 10.4. The number of alkyl halides is 6. The standard InChI is InChI=1S/C23H18ClF6N3O2/c24-17-7-6-15-10-32(11-16(15)8-17)19(23(28,29)30)20-31-9-18(21(34)33(20)13-22(25,26)27)35-12-14-4-2-1-3-5-14/h1-9,19H,10-13H2. The molecule has 2 aromatic carbocycles. The van der Waals surface area contributed by atoms with Crippen LogP contribution in [-0.4, -0.2) is 26.8 Å². The van der Waals surface area contributed by atoms with E-state index in [1.807, 2.05) is 0 Å². The zero-order valence-corrected chi connectivity index (χ0v) is 18.7. The minimum Gasteiger partial charge on any atom is -0.482 e. The highest BCUT2D eigenvalue weighted by atomic mass is 35.5. The van der Waals surface area contributed by atoms with Crippen LogP contribution in [0.25, 0.3) is 0 Å². The molecule has 1 aliphatic rings. The van der Waals surface area contributed by atoms with E-state index >= 15 is 0 Å². The molecule has 0 N–H and O–H groups in total. The topological polar surface area (TPSA) is 47.4 Å². The summed E-state index contributed by atoms with van der Waals surface area (Å²) in [4.78, 5) is 17.5. The molecule has 2 heterocycles. The average Bonchev–Trinajstić information content (AvgIpc) is 3.17. The van der Waals surface area contributed by atoms with Crippen LogP contribution in [0.3, 0.4) is 0 Å². The van der Waals surface area contributed by atoms with Crippen molar-refractivity contribution in [3.05, 3.63) is 92.6 Å². The van der Waals surface area contributed by atoms with Gasteiger partial charge in [0.1, 0.15) is 19.0 Å². The molecule has 1 atom stereocenters. The molecule has 0 saturated heterocycles. The van der Waals surface area contributed by atoms with Gasteiger partial charge in [-0.05, 0) is 28.8 Å². The largest absolute Gasteiger partial charge is 0.482 e. The van der Waals surface area contributed by atoms with Crippen molar-refractivity contribution in [3.63, 3.8) is 0 Å². The molecule has 0 spiro atoms. The van der Waals surface area contributed by atoms with Crippen molar-refractivity contribution in [3.8, 4) is 5.75 Å². The fraction of sp³-hybridized carbons (Fsp3) is 0.304. The zero-order valence-electron chi connectivity index (χ0n) is 17.9. The summed E-state index contributed by atoms with van der Waals surface area (Å²) in [6.45, 7) is -2.55. The van der Waals surface area contributed by atoms with Gasteiger partial charge in [-0.25, -0.2) is 4.98 Å². The Morgan fingerprint density at radius 3 is 2.34 bits per heavy atom. The molecule has 0 saturated carbocycles. The van der Waals surface area contributed by atoms with Gasteiger partial charge < -0.3 is 4.74 Å². The molecular formula is C23H18ClF6N3O2. The van der Waals surface area contributed by atoms with E-state index in [0.29, 0.717) is 21.7 Å². The van der Waals surface area contributed by atoms with Gasteiger partial charge in [0.2, 0.25) is 5.75 Å². The monoisotopic (exact) mass is 517 g/mol. The van der Waals surface area contributed by atoms with E-state index in [-0.39, 0.29) is 24.3 Å². The van der Waals surface area contributed by atoms with Crippen LogP contribution in [0, 0.1) is 0 Å². The molecule has 1 unspecified atom stereocenters. The summed E-state index contributed by atoms with van der Waals surface area (Å²) in [5.74, 6) is -1.65. The Balaban J connectivity index is 1.74. The number of benzene rings is 2. The lowest BCUT2D eigenvalue weighted by atomic mass is 10.1. The van der Waals surface area contributed by atoms with E-state index in [2.05, 4.69) is 4.98 Å². The number of hydrogen-bond donors (Lipinski definition) is 0. The van der Waals surface area contributed by atoms with Gasteiger partial charge in [0.25, 0.3) is 5.56 Å². The van der Waals surface area contributed by atoms with E-state index in [9.17, 15) is 31.1 Å². The number of nitrogens with zero attached hydrogens (tertiary/aromatic N) is 3. The fourth-order valence-electron chi connectivity index (χ4n) is 3.96. The van der Waals surface area contributed by atoms with Crippen molar-refractivity contribution in [2.24, 2.45) is 0 Å². The molecule has 5 nitrogen and oxygen atoms in total. The van der Waals surface area contributed by atoms with Crippen LogP contribution in [0.2, 0.25) is 5.02 Å². The maximum Gasteiger partial charge on any atom is 0.411 e. The highest BCUT2D eigenvalue weighted by Gasteiger charge is 2.49. The van der Waals surface area contributed by atoms with E-state index in [4.69, 9.17) is 16.3 Å². The lowest BCUT2D eigenvalue weighted by Crippen LogP contribution is -2.42. The number of halogens is 7. The third-order valence-electron chi connectivity index (χ3n) is 5.46. The SMILES string of the molecule is O=c1c(OCc2ccccc2)cnc(C(N2Cc3ccc(Cl)cc3C2)C(F)(F)F)n1CC(F)(F)F. The lowest BCUT2D eigenvalue weighted by Gasteiger charge is -2.30. The van der Waals surface area contributed by atoms with Crippen LogP contribution in [-0.2, 0) is 26.2 Å². The fourth-order valence-corrected chi connectivity index (χ4v) is 4.15. The molecule has 1 aliphatic heterocycles. The molecule has 0 aliphatic carbocycles. The Labute approximate surface area is 200 Å². The van der Waals surface area contributed by atoms with Gasteiger partial charge in [-0.1, -0.05) is 48.0 Å². The quantitative estimate of drug-likeness (QED) is 0.396. The molecule has 0 fully saturated rings. The summed E-state index contributed by atoms with van der Waals surface area (Å²) >= 11 is 5.93. The first-order valence-corrected chi connectivity index (χ1v) is 10.7. The third kappa shape index (κ3) is 5.79. The first kappa shape index (κ1) is 25.1. The number of rotatable bonds is 6. The second-order valence-corrected chi connectivity index (χ2v) is 8.46. The summed E-state index contributed by atoms with van der Waals surface area (Å²) < 4.78 is 88.1. The number of fused-ring (bicyclic) bond motifs is 1. The Hall–Kier alpha value is -3.05. The second kappa shape index (κ2) is 9.54. The summed E-state index contributed by atoms with van der Waals surface area (Å²) in [6.07, 6.45) is -9.26. The lowest BCUT2D eigenvalue weighted by molar-refractivity contribution is -0.193. The molecule has 35 heavy (non-hydrogen) atoms. The first-order valence-electron chi connectivity index (χ1n) is 10.3. The molecular weight excluding hydrogens is 500 g/mol. The van der Waals surface area contributed by atoms with Gasteiger partial charge in [-0.2, -0.15) is 26.3 Å². The van der Waals surface area contributed by atoms with Crippen LogP contribution in [0.15, 0.2) is 59.5 Å². The summed E-state index contributed by atoms with van der Waals surface area (Å²) in [7, 11) is 0. The molecule has 3 aromatic rings. The average molecular weight is 518 g/mol. The minimum absolute atomic E-state index is 0.00551. The van der Waals surface area contributed by atoms with E-state index in [1.54, 1.807) is 36.4 Å². The number of aromatic nitrogens is 2. The van der Waals surface area contributed by atoms with Crippen LogP contribution >= 0.6 is 11.6 Å². The smallest absolute Gasteiger partial charge is 0.411 e.